The topological polar surface area (TPSA) is 50.4 Å². The summed E-state index contributed by atoms with van der Waals surface area (Å²) in [6.45, 7) is 1.01. The molecule has 92 valence electrons. The number of carbonyl (C=O) groups excluding carboxylic acids is 1. The Morgan fingerprint density at radius 2 is 2.25 bits per heavy atom. The van der Waals surface area contributed by atoms with Gasteiger partial charge in [-0.2, -0.15) is 11.8 Å². The zero-order chi connectivity index (χ0) is 11.2. The van der Waals surface area contributed by atoms with Crippen molar-refractivity contribution in [2.45, 2.75) is 44.2 Å². The molecule has 0 spiro atoms. The summed E-state index contributed by atoms with van der Waals surface area (Å²) in [6.07, 6.45) is 5.38. The maximum absolute atomic E-state index is 11.6. The van der Waals surface area contributed by atoms with Crippen LogP contribution in [0.4, 0.5) is 0 Å². The molecular weight excluding hydrogens is 224 g/mol. The highest BCUT2D eigenvalue weighted by Crippen LogP contribution is 2.19. The molecule has 2 aliphatic rings. The highest BCUT2D eigenvalue weighted by atomic mass is 32.2. The molecule has 16 heavy (non-hydrogen) atoms. The predicted molar refractivity (Wildman–Crippen MR) is 65.2 cm³/mol. The molecule has 1 amide bonds. The third-order valence-electron chi connectivity index (χ3n) is 3.07. The van der Waals surface area contributed by atoms with Crippen LogP contribution >= 0.6 is 11.8 Å². The summed E-state index contributed by atoms with van der Waals surface area (Å²) < 4.78 is 0. The second kappa shape index (κ2) is 6.47. The molecule has 0 aromatic carbocycles. The van der Waals surface area contributed by atoms with E-state index in [9.17, 15) is 4.79 Å². The number of thioether (sulfide) groups is 1. The van der Waals surface area contributed by atoms with E-state index in [-0.39, 0.29) is 12.0 Å². The van der Waals surface area contributed by atoms with Crippen LogP contribution in [-0.4, -0.2) is 36.1 Å². The average Bonchev–Trinajstić information content (AvgIpc) is 2.81. The van der Waals surface area contributed by atoms with Crippen molar-refractivity contribution in [2.24, 2.45) is 0 Å². The predicted octanol–water partition coefficient (Wildman–Crippen LogP) is 1.07. The molecule has 2 N–H and O–H groups in total. The molecule has 1 atom stereocenters. The SMILES string of the molecule is O=C(CC1CSCCN1)NOC1CCCC1. The summed E-state index contributed by atoms with van der Waals surface area (Å²) in [7, 11) is 0. The Balaban J connectivity index is 1.59. The van der Waals surface area contributed by atoms with Crippen molar-refractivity contribution < 1.29 is 9.63 Å². The molecule has 1 saturated carbocycles. The first kappa shape index (κ1) is 12.2. The fraction of sp³-hybridized carbons (Fsp3) is 0.909. The molecule has 0 aromatic rings. The Hall–Kier alpha value is -0.260. The average molecular weight is 244 g/mol. The number of hydrogen-bond acceptors (Lipinski definition) is 4. The molecule has 0 radical (unpaired) electrons. The van der Waals surface area contributed by atoms with E-state index in [0.29, 0.717) is 12.5 Å². The molecule has 2 rings (SSSR count). The standard InChI is InChI=1S/C11H20N2O2S/c14-11(7-9-8-16-6-5-12-9)13-15-10-3-1-2-4-10/h9-10,12H,1-8H2,(H,13,14). The number of amides is 1. The van der Waals surface area contributed by atoms with E-state index in [2.05, 4.69) is 10.8 Å². The number of nitrogens with one attached hydrogen (secondary N) is 2. The molecule has 0 aromatic heterocycles. The van der Waals surface area contributed by atoms with Crippen LogP contribution in [0.25, 0.3) is 0 Å². The highest BCUT2D eigenvalue weighted by molar-refractivity contribution is 7.99. The molecule has 0 bridgehead atoms. The van der Waals surface area contributed by atoms with E-state index < -0.39 is 0 Å². The number of rotatable bonds is 4. The van der Waals surface area contributed by atoms with Crippen LogP contribution in [-0.2, 0) is 9.63 Å². The van der Waals surface area contributed by atoms with Crippen LogP contribution in [0, 0.1) is 0 Å². The monoisotopic (exact) mass is 244 g/mol. The maximum atomic E-state index is 11.6. The van der Waals surface area contributed by atoms with Gasteiger partial charge in [0.05, 0.1) is 6.10 Å². The Bertz CT molecular complexity index is 226. The highest BCUT2D eigenvalue weighted by Gasteiger charge is 2.19. The van der Waals surface area contributed by atoms with Gasteiger partial charge in [-0.1, -0.05) is 12.8 Å². The van der Waals surface area contributed by atoms with Crippen LogP contribution in [0.3, 0.4) is 0 Å². The summed E-state index contributed by atoms with van der Waals surface area (Å²) in [4.78, 5) is 17.0. The molecular formula is C11H20N2O2S. The third-order valence-corrected chi connectivity index (χ3v) is 4.20. The largest absolute Gasteiger partial charge is 0.312 e. The first-order chi connectivity index (χ1) is 7.84. The van der Waals surface area contributed by atoms with Gasteiger partial charge in [-0.3, -0.25) is 9.63 Å². The van der Waals surface area contributed by atoms with Gasteiger partial charge < -0.3 is 5.32 Å². The molecule has 5 heteroatoms. The third kappa shape index (κ3) is 3.96. The van der Waals surface area contributed by atoms with Gasteiger partial charge in [0.25, 0.3) is 0 Å². The van der Waals surface area contributed by atoms with Crippen molar-refractivity contribution in [3.8, 4) is 0 Å². The number of carbonyl (C=O) groups is 1. The minimum Gasteiger partial charge on any atom is -0.312 e. The van der Waals surface area contributed by atoms with Gasteiger partial charge in [0.2, 0.25) is 5.91 Å². The van der Waals surface area contributed by atoms with Crippen LogP contribution in [0.1, 0.15) is 32.1 Å². The van der Waals surface area contributed by atoms with Gasteiger partial charge in [0.1, 0.15) is 0 Å². The second-order valence-electron chi connectivity index (χ2n) is 4.48. The fourth-order valence-corrected chi connectivity index (χ4v) is 3.12. The van der Waals surface area contributed by atoms with E-state index in [1.165, 1.54) is 12.8 Å². The Labute approximate surface area is 101 Å². The quantitative estimate of drug-likeness (QED) is 0.726. The lowest BCUT2D eigenvalue weighted by atomic mass is 10.2. The maximum Gasteiger partial charge on any atom is 0.245 e. The zero-order valence-corrected chi connectivity index (χ0v) is 10.4. The van der Waals surface area contributed by atoms with Crippen molar-refractivity contribution in [2.75, 3.05) is 18.1 Å². The van der Waals surface area contributed by atoms with Crippen LogP contribution in [0.15, 0.2) is 0 Å². The second-order valence-corrected chi connectivity index (χ2v) is 5.63. The molecule has 4 nitrogen and oxygen atoms in total. The smallest absolute Gasteiger partial charge is 0.245 e. The normalized spacial score (nSPS) is 26.9. The molecule has 1 aliphatic carbocycles. The van der Waals surface area contributed by atoms with Gasteiger partial charge in [0.15, 0.2) is 0 Å². The van der Waals surface area contributed by atoms with Gasteiger partial charge in [-0.15, -0.1) is 0 Å². The lowest BCUT2D eigenvalue weighted by Crippen LogP contribution is -2.41. The minimum absolute atomic E-state index is 0.00639. The van der Waals surface area contributed by atoms with Crippen molar-refractivity contribution in [1.29, 1.82) is 0 Å². The molecule has 1 aliphatic heterocycles. The Morgan fingerprint density at radius 3 is 2.94 bits per heavy atom. The first-order valence-electron chi connectivity index (χ1n) is 6.10. The van der Waals surface area contributed by atoms with Crippen molar-refractivity contribution in [3.05, 3.63) is 0 Å². The summed E-state index contributed by atoms with van der Waals surface area (Å²) >= 11 is 1.91. The van der Waals surface area contributed by atoms with Crippen LogP contribution in [0.5, 0.6) is 0 Å². The molecule has 1 unspecified atom stereocenters. The van der Waals surface area contributed by atoms with Gasteiger partial charge in [-0.25, -0.2) is 5.48 Å². The van der Waals surface area contributed by atoms with Gasteiger partial charge in [-0.05, 0) is 12.8 Å². The summed E-state index contributed by atoms with van der Waals surface area (Å²) in [5.74, 6) is 2.18. The number of hydrogen-bond donors (Lipinski definition) is 2. The van der Waals surface area contributed by atoms with Crippen molar-refractivity contribution in [1.82, 2.24) is 10.8 Å². The Kier molecular flexibility index (Phi) is 4.93. The summed E-state index contributed by atoms with van der Waals surface area (Å²) in [5.41, 5.74) is 2.58. The number of hydroxylamine groups is 1. The zero-order valence-electron chi connectivity index (χ0n) is 9.54. The first-order valence-corrected chi connectivity index (χ1v) is 7.25. The van der Waals surface area contributed by atoms with E-state index in [4.69, 9.17) is 4.84 Å². The van der Waals surface area contributed by atoms with Crippen molar-refractivity contribution >= 4 is 17.7 Å². The minimum atomic E-state index is 0.00639. The summed E-state index contributed by atoms with van der Waals surface area (Å²) in [6, 6.07) is 0.311. The molecule has 1 heterocycles. The van der Waals surface area contributed by atoms with E-state index >= 15 is 0 Å². The Morgan fingerprint density at radius 1 is 1.44 bits per heavy atom. The fourth-order valence-electron chi connectivity index (χ4n) is 2.17. The molecule has 2 fully saturated rings. The van der Waals surface area contributed by atoms with E-state index in [1.54, 1.807) is 0 Å². The van der Waals surface area contributed by atoms with Crippen LogP contribution < -0.4 is 10.8 Å². The van der Waals surface area contributed by atoms with E-state index in [0.717, 1.165) is 30.9 Å². The van der Waals surface area contributed by atoms with Gasteiger partial charge >= 0.3 is 0 Å². The molecule has 1 saturated heterocycles. The summed E-state index contributed by atoms with van der Waals surface area (Å²) in [5, 5.41) is 3.34. The van der Waals surface area contributed by atoms with Crippen molar-refractivity contribution in [3.63, 3.8) is 0 Å². The van der Waals surface area contributed by atoms with Gasteiger partial charge in [0, 0.05) is 30.5 Å². The lowest BCUT2D eigenvalue weighted by Gasteiger charge is -2.22. The lowest BCUT2D eigenvalue weighted by molar-refractivity contribution is -0.138. The van der Waals surface area contributed by atoms with Crippen LogP contribution in [0.2, 0.25) is 0 Å². The van der Waals surface area contributed by atoms with E-state index in [1.807, 2.05) is 11.8 Å².